The summed E-state index contributed by atoms with van der Waals surface area (Å²) >= 11 is 0. The van der Waals surface area contributed by atoms with Crippen LogP contribution in [0.2, 0.25) is 0 Å². The average molecular weight is 399 g/mol. The molecule has 0 saturated carbocycles. The number of piperidine rings is 2. The summed E-state index contributed by atoms with van der Waals surface area (Å²) in [4.78, 5) is 26.0. The van der Waals surface area contributed by atoms with Crippen LogP contribution in [0.5, 0.6) is 0 Å². The number of hydrogen-bond acceptors (Lipinski definition) is 4. The smallest absolute Gasteiger partial charge is 0.222 e. The Labute approximate surface area is 173 Å². The molecule has 2 fully saturated rings. The van der Waals surface area contributed by atoms with Gasteiger partial charge in [0.15, 0.2) is 0 Å². The summed E-state index contributed by atoms with van der Waals surface area (Å²) in [6.07, 6.45) is 16.0. The van der Waals surface area contributed by atoms with Crippen molar-refractivity contribution in [2.24, 2.45) is 18.9 Å². The van der Waals surface area contributed by atoms with Crippen molar-refractivity contribution in [2.75, 3.05) is 26.2 Å². The van der Waals surface area contributed by atoms with Gasteiger partial charge in [0.1, 0.15) is 5.82 Å². The number of rotatable bonds is 7. The first kappa shape index (κ1) is 20.1. The maximum atomic E-state index is 12.7. The molecule has 2 aliphatic heterocycles. The zero-order valence-electron chi connectivity index (χ0n) is 17.6. The number of amides is 1. The lowest BCUT2D eigenvalue weighted by Crippen LogP contribution is -2.46. The van der Waals surface area contributed by atoms with Crippen LogP contribution >= 0.6 is 0 Å². The van der Waals surface area contributed by atoms with Gasteiger partial charge in [-0.25, -0.2) is 9.97 Å². The molecule has 0 bridgehead atoms. The Hall–Kier alpha value is -2.15. The molecule has 2 aromatic rings. The van der Waals surface area contributed by atoms with Crippen molar-refractivity contribution in [3.8, 4) is 0 Å². The predicted molar refractivity (Wildman–Crippen MR) is 112 cm³/mol. The van der Waals surface area contributed by atoms with E-state index in [4.69, 9.17) is 0 Å². The SMILES string of the molecule is Cn1ccnc1CN1CCCC(C2CCCN(C(=O)CCCn3ccnc3)C2)C1. The quantitative estimate of drug-likeness (QED) is 0.719. The van der Waals surface area contributed by atoms with E-state index in [1.807, 2.05) is 29.5 Å². The van der Waals surface area contributed by atoms with Gasteiger partial charge >= 0.3 is 0 Å². The summed E-state index contributed by atoms with van der Waals surface area (Å²) < 4.78 is 4.17. The number of imidazole rings is 2. The minimum absolute atomic E-state index is 0.329. The number of likely N-dealkylation sites (tertiary alicyclic amines) is 2. The van der Waals surface area contributed by atoms with Crippen LogP contribution < -0.4 is 0 Å². The normalized spacial score (nSPS) is 23.4. The Morgan fingerprint density at radius 2 is 1.93 bits per heavy atom. The van der Waals surface area contributed by atoms with Crippen LogP contribution in [0.15, 0.2) is 31.1 Å². The first-order chi connectivity index (χ1) is 14.2. The van der Waals surface area contributed by atoms with Gasteiger partial charge in [0, 0.05) is 64.4 Å². The fraction of sp³-hybridized carbons (Fsp3) is 0.682. The number of carbonyl (C=O) groups excluding carboxylic acids is 1. The van der Waals surface area contributed by atoms with Crippen molar-refractivity contribution in [2.45, 2.75) is 51.6 Å². The van der Waals surface area contributed by atoms with Crippen molar-refractivity contribution in [3.63, 3.8) is 0 Å². The molecule has 4 heterocycles. The third-order valence-electron chi connectivity index (χ3n) is 6.67. The van der Waals surface area contributed by atoms with Gasteiger partial charge in [-0.1, -0.05) is 0 Å². The minimum atomic E-state index is 0.329. The van der Waals surface area contributed by atoms with E-state index in [1.165, 1.54) is 19.3 Å². The number of aryl methyl sites for hydroxylation is 2. The predicted octanol–water partition coefficient (Wildman–Crippen LogP) is 2.55. The van der Waals surface area contributed by atoms with Gasteiger partial charge in [0.25, 0.3) is 0 Å². The Bertz CT molecular complexity index is 770. The fourth-order valence-corrected chi connectivity index (χ4v) is 4.98. The molecule has 2 saturated heterocycles. The number of carbonyl (C=O) groups is 1. The van der Waals surface area contributed by atoms with Crippen molar-refractivity contribution in [3.05, 3.63) is 36.9 Å². The third kappa shape index (κ3) is 5.26. The molecular weight excluding hydrogens is 364 g/mol. The highest BCUT2D eigenvalue weighted by molar-refractivity contribution is 5.76. The summed E-state index contributed by atoms with van der Waals surface area (Å²) in [6.45, 7) is 5.99. The molecule has 2 aromatic heterocycles. The zero-order valence-corrected chi connectivity index (χ0v) is 17.6. The van der Waals surface area contributed by atoms with E-state index in [9.17, 15) is 4.79 Å². The van der Waals surface area contributed by atoms with E-state index >= 15 is 0 Å². The summed E-state index contributed by atoms with van der Waals surface area (Å²) in [5, 5.41) is 0. The van der Waals surface area contributed by atoms with Crippen molar-refractivity contribution < 1.29 is 4.79 Å². The Balaban J connectivity index is 1.26. The first-order valence-electron chi connectivity index (χ1n) is 11.1. The highest BCUT2D eigenvalue weighted by Gasteiger charge is 2.32. The van der Waals surface area contributed by atoms with Crippen molar-refractivity contribution >= 4 is 5.91 Å². The molecule has 2 atom stereocenters. The topological polar surface area (TPSA) is 59.2 Å². The third-order valence-corrected chi connectivity index (χ3v) is 6.67. The van der Waals surface area contributed by atoms with Crippen molar-refractivity contribution in [1.82, 2.24) is 28.9 Å². The summed E-state index contributed by atoms with van der Waals surface area (Å²) in [5.74, 6) is 2.82. The molecule has 29 heavy (non-hydrogen) atoms. The van der Waals surface area contributed by atoms with E-state index in [-0.39, 0.29) is 0 Å². The molecule has 0 spiro atoms. The van der Waals surface area contributed by atoms with Crippen LogP contribution in [-0.4, -0.2) is 61.0 Å². The maximum absolute atomic E-state index is 12.7. The molecule has 7 nitrogen and oxygen atoms in total. The Kier molecular flexibility index (Phi) is 6.64. The fourth-order valence-electron chi connectivity index (χ4n) is 4.98. The second-order valence-corrected chi connectivity index (χ2v) is 8.74. The van der Waals surface area contributed by atoms with Gasteiger partial charge in [-0.15, -0.1) is 0 Å². The summed E-state index contributed by atoms with van der Waals surface area (Å²) in [7, 11) is 2.07. The second-order valence-electron chi connectivity index (χ2n) is 8.74. The zero-order chi connectivity index (χ0) is 20.1. The van der Waals surface area contributed by atoms with Crippen LogP contribution in [0, 0.1) is 11.8 Å². The summed E-state index contributed by atoms with van der Waals surface area (Å²) in [6, 6.07) is 0. The van der Waals surface area contributed by atoms with Crippen LogP contribution in [-0.2, 0) is 24.9 Å². The van der Waals surface area contributed by atoms with Crippen LogP contribution in [0.25, 0.3) is 0 Å². The van der Waals surface area contributed by atoms with Crippen LogP contribution in [0.4, 0.5) is 0 Å². The van der Waals surface area contributed by atoms with Gasteiger partial charge in [-0.3, -0.25) is 9.69 Å². The van der Waals surface area contributed by atoms with Crippen LogP contribution in [0.1, 0.15) is 44.3 Å². The number of hydrogen-bond donors (Lipinski definition) is 0. The number of nitrogens with zero attached hydrogens (tertiary/aromatic N) is 6. The lowest BCUT2D eigenvalue weighted by Gasteiger charge is -2.41. The lowest BCUT2D eigenvalue weighted by atomic mass is 9.80. The van der Waals surface area contributed by atoms with E-state index in [0.717, 1.165) is 57.9 Å². The second kappa shape index (κ2) is 9.57. The maximum Gasteiger partial charge on any atom is 0.222 e. The molecule has 0 aromatic carbocycles. The van der Waals surface area contributed by atoms with Crippen LogP contribution in [0.3, 0.4) is 0 Å². The van der Waals surface area contributed by atoms with E-state index in [1.54, 1.807) is 6.20 Å². The highest BCUT2D eigenvalue weighted by atomic mass is 16.2. The van der Waals surface area contributed by atoms with Crippen molar-refractivity contribution in [1.29, 1.82) is 0 Å². The molecule has 2 unspecified atom stereocenters. The Morgan fingerprint density at radius 1 is 1.10 bits per heavy atom. The molecule has 1 amide bonds. The molecule has 7 heteroatoms. The molecular formula is C22H34N6O. The molecule has 158 valence electrons. The van der Waals surface area contributed by atoms with Gasteiger partial charge in [-0.2, -0.15) is 0 Å². The van der Waals surface area contributed by atoms with E-state index < -0.39 is 0 Å². The van der Waals surface area contributed by atoms with E-state index in [2.05, 4.69) is 31.4 Å². The van der Waals surface area contributed by atoms with Gasteiger partial charge in [-0.05, 0) is 50.5 Å². The van der Waals surface area contributed by atoms with Gasteiger partial charge < -0.3 is 14.0 Å². The molecule has 4 rings (SSSR count). The standard InChI is InChI=1S/C22H34N6O/c1-25-13-9-24-21(25)17-27-11-2-5-19(15-27)20-6-3-12-28(16-20)22(29)7-4-10-26-14-8-23-18-26/h8-9,13-14,18-20H,2-7,10-12,15-17H2,1H3. The highest BCUT2D eigenvalue weighted by Crippen LogP contribution is 2.31. The molecule has 2 aliphatic rings. The summed E-state index contributed by atoms with van der Waals surface area (Å²) in [5.41, 5.74) is 0. The monoisotopic (exact) mass is 398 g/mol. The molecule has 0 radical (unpaired) electrons. The lowest BCUT2D eigenvalue weighted by molar-refractivity contribution is -0.133. The van der Waals surface area contributed by atoms with Gasteiger partial charge in [0.05, 0.1) is 12.9 Å². The first-order valence-corrected chi connectivity index (χ1v) is 11.1. The van der Waals surface area contributed by atoms with E-state index in [0.29, 0.717) is 24.2 Å². The molecule has 0 N–H and O–H groups in total. The number of aromatic nitrogens is 4. The molecule has 0 aliphatic carbocycles. The largest absolute Gasteiger partial charge is 0.342 e. The van der Waals surface area contributed by atoms with Gasteiger partial charge in [0.2, 0.25) is 5.91 Å². The minimum Gasteiger partial charge on any atom is -0.342 e. The average Bonchev–Trinajstić information content (AvgIpc) is 3.40. The Morgan fingerprint density at radius 3 is 2.69 bits per heavy atom.